The zero-order valence-corrected chi connectivity index (χ0v) is 15.7. The fourth-order valence-corrected chi connectivity index (χ4v) is 3.15. The lowest BCUT2D eigenvalue weighted by Crippen LogP contribution is -2.40. The second kappa shape index (κ2) is 9.93. The number of halogens is 2. The van der Waals surface area contributed by atoms with Gasteiger partial charge in [0.15, 0.2) is 0 Å². The largest absolute Gasteiger partial charge is 0.342 e. The number of nitrogens with two attached hydrogens (primary N) is 1. The molecule has 0 bridgehead atoms. The number of rotatable bonds is 8. The highest BCUT2D eigenvalue weighted by atomic mass is 35.5. The molecule has 1 amide bonds. The van der Waals surface area contributed by atoms with Crippen LogP contribution in [0.1, 0.15) is 19.8 Å². The van der Waals surface area contributed by atoms with E-state index < -0.39 is 15.8 Å². The van der Waals surface area contributed by atoms with E-state index in [4.69, 9.17) is 5.73 Å². The van der Waals surface area contributed by atoms with Crippen molar-refractivity contribution in [2.45, 2.75) is 30.7 Å². The van der Waals surface area contributed by atoms with Crippen molar-refractivity contribution >= 4 is 28.3 Å². The molecule has 0 aliphatic carbocycles. The molecule has 1 unspecified atom stereocenters. The van der Waals surface area contributed by atoms with Crippen molar-refractivity contribution in [3.8, 4) is 0 Å². The summed E-state index contributed by atoms with van der Waals surface area (Å²) in [6.45, 7) is 2.43. The maximum absolute atomic E-state index is 12.9. The molecule has 1 rings (SSSR count). The van der Waals surface area contributed by atoms with Gasteiger partial charge >= 0.3 is 0 Å². The smallest absolute Gasteiger partial charge is 0.242 e. The Kier molecular flexibility index (Phi) is 9.42. The van der Waals surface area contributed by atoms with Crippen LogP contribution in [0.15, 0.2) is 29.2 Å². The van der Waals surface area contributed by atoms with Crippen LogP contribution in [0.4, 0.5) is 4.39 Å². The molecule has 138 valence electrons. The van der Waals surface area contributed by atoms with E-state index >= 15 is 0 Å². The SMILES string of the molecule is CC(CN)N(C)C(=O)CCCN(C)S(=O)(=O)c1ccc(F)cc1.Cl. The van der Waals surface area contributed by atoms with E-state index in [-0.39, 0.29) is 42.2 Å². The van der Waals surface area contributed by atoms with E-state index in [1.807, 2.05) is 6.92 Å². The minimum Gasteiger partial charge on any atom is -0.342 e. The molecule has 9 heteroatoms. The molecular weight excluding hydrogens is 357 g/mol. The average molecular weight is 382 g/mol. The molecule has 2 N–H and O–H groups in total. The van der Waals surface area contributed by atoms with Crippen LogP contribution >= 0.6 is 12.4 Å². The van der Waals surface area contributed by atoms with Gasteiger partial charge in [-0.25, -0.2) is 17.1 Å². The molecule has 0 spiro atoms. The molecule has 0 heterocycles. The predicted octanol–water partition coefficient (Wildman–Crippen LogP) is 1.45. The Balaban J connectivity index is 0.00000529. The van der Waals surface area contributed by atoms with Crippen LogP contribution in [0, 0.1) is 5.82 Å². The summed E-state index contributed by atoms with van der Waals surface area (Å²) >= 11 is 0. The first-order chi connectivity index (χ1) is 10.7. The highest BCUT2D eigenvalue weighted by Crippen LogP contribution is 2.15. The molecule has 24 heavy (non-hydrogen) atoms. The van der Waals surface area contributed by atoms with Crippen molar-refractivity contribution in [2.75, 3.05) is 27.2 Å². The molecule has 0 aliphatic heterocycles. The number of hydrogen-bond acceptors (Lipinski definition) is 4. The number of hydrogen-bond donors (Lipinski definition) is 1. The fraction of sp³-hybridized carbons (Fsp3) is 0.533. The van der Waals surface area contributed by atoms with Gasteiger partial charge in [-0.3, -0.25) is 4.79 Å². The molecule has 6 nitrogen and oxygen atoms in total. The fourth-order valence-electron chi connectivity index (χ4n) is 1.94. The van der Waals surface area contributed by atoms with Crippen molar-refractivity contribution in [1.29, 1.82) is 0 Å². The van der Waals surface area contributed by atoms with Crippen LogP contribution in [-0.2, 0) is 14.8 Å². The number of carbonyl (C=O) groups excluding carboxylic acids is 1. The first kappa shape index (κ1) is 22.8. The number of sulfonamides is 1. The maximum Gasteiger partial charge on any atom is 0.242 e. The minimum atomic E-state index is -3.67. The molecule has 0 aromatic heterocycles. The summed E-state index contributed by atoms with van der Waals surface area (Å²) in [5.41, 5.74) is 5.51. The van der Waals surface area contributed by atoms with Gasteiger partial charge in [-0.1, -0.05) is 0 Å². The zero-order chi connectivity index (χ0) is 17.6. The number of likely N-dealkylation sites (N-methyl/N-ethyl adjacent to an activating group) is 1. The topological polar surface area (TPSA) is 83.7 Å². The van der Waals surface area contributed by atoms with Crippen LogP contribution < -0.4 is 5.73 Å². The van der Waals surface area contributed by atoms with Gasteiger partial charge in [-0.05, 0) is 37.6 Å². The van der Waals surface area contributed by atoms with Crippen LogP contribution in [0.3, 0.4) is 0 Å². The van der Waals surface area contributed by atoms with E-state index in [9.17, 15) is 17.6 Å². The molecule has 0 saturated heterocycles. The first-order valence-electron chi connectivity index (χ1n) is 7.37. The molecular formula is C15H25ClFN3O3S. The van der Waals surface area contributed by atoms with Crippen molar-refractivity contribution in [3.63, 3.8) is 0 Å². The van der Waals surface area contributed by atoms with E-state index in [2.05, 4.69) is 0 Å². The lowest BCUT2D eigenvalue weighted by molar-refractivity contribution is -0.131. The van der Waals surface area contributed by atoms with Gasteiger partial charge in [0, 0.05) is 39.6 Å². The van der Waals surface area contributed by atoms with E-state index in [1.54, 1.807) is 11.9 Å². The highest BCUT2D eigenvalue weighted by Gasteiger charge is 2.21. The standard InChI is InChI=1S/C15H24FN3O3S.ClH/c1-12(11-17)19(3)15(20)5-4-10-18(2)23(21,22)14-8-6-13(16)7-9-14;/h6-9,12H,4-5,10-11,17H2,1-3H3;1H. The quantitative estimate of drug-likeness (QED) is 0.738. The minimum absolute atomic E-state index is 0. The summed E-state index contributed by atoms with van der Waals surface area (Å²) in [6, 6.07) is 4.61. The van der Waals surface area contributed by atoms with Crippen LogP contribution in [0.5, 0.6) is 0 Å². The third kappa shape index (κ3) is 6.01. The lowest BCUT2D eigenvalue weighted by Gasteiger charge is -2.24. The Morgan fingerprint density at radius 1 is 1.25 bits per heavy atom. The Morgan fingerprint density at radius 2 is 1.79 bits per heavy atom. The summed E-state index contributed by atoms with van der Waals surface area (Å²) in [4.78, 5) is 13.5. The third-order valence-corrected chi connectivity index (χ3v) is 5.65. The van der Waals surface area contributed by atoms with Gasteiger partial charge < -0.3 is 10.6 Å². The molecule has 0 radical (unpaired) electrons. The monoisotopic (exact) mass is 381 g/mol. The molecule has 0 aliphatic rings. The van der Waals surface area contributed by atoms with Gasteiger partial charge in [0.1, 0.15) is 5.82 Å². The summed E-state index contributed by atoms with van der Waals surface area (Å²) in [6.07, 6.45) is 0.640. The Hall–Kier alpha value is -1.22. The lowest BCUT2D eigenvalue weighted by atomic mass is 10.2. The number of carbonyl (C=O) groups is 1. The van der Waals surface area contributed by atoms with Crippen molar-refractivity contribution in [2.24, 2.45) is 5.73 Å². The van der Waals surface area contributed by atoms with E-state index in [0.29, 0.717) is 13.0 Å². The molecule has 0 fully saturated rings. The Bertz CT molecular complexity index is 625. The van der Waals surface area contributed by atoms with Gasteiger partial charge in [0.25, 0.3) is 0 Å². The molecule has 1 aromatic rings. The summed E-state index contributed by atoms with van der Waals surface area (Å²) in [7, 11) is -0.554. The average Bonchev–Trinajstić information content (AvgIpc) is 2.53. The van der Waals surface area contributed by atoms with Gasteiger partial charge in [-0.2, -0.15) is 0 Å². The third-order valence-electron chi connectivity index (χ3n) is 3.78. The zero-order valence-electron chi connectivity index (χ0n) is 14.1. The second-order valence-corrected chi connectivity index (χ2v) is 7.52. The van der Waals surface area contributed by atoms with Gasteiger partial charge in [0.2, 0.25) is 15.9 Å². The van der Waals surface area contributed by atoms with E-state index in [0.717, 1.165) is 12.1 Å². The van der Waals surface area contributed by atoms with Crippen LogP contribution in [-0.4, -0.2) is 56.8 Å². The summed E-state index contributed by atoms with van der Waals surface area (Å²) in [5, 5.41) is 0. The van der Waals surface area contributed by atoms with E-state index in [1.165, 1.54) is 23.5 Å². The number of amides is 1. The normalized spacial score (nSPS) is 12.6. The van der Waals surface area contributed by atoms with Gasteiger partial charge in [-0.15, -0.1) is 12.4 Å². The van der Waals surface area contributed by atoms with Crippen LogP contribution in [0.25, 0.3) is 0 Å². The molecule has 1 aromatic carbocycles. The summed E-state index contributed by atoms with van der Waals surface area (Å²) in [5.74, 6) is -0.565. The second-order valence-electron chi connectivity index (χ2n) is 5.47. The summed E-state index contributed by atoms with van der Waals surface area (Å²) < 4.78 is 38.6. The first-order valence-corrected chi connectivity index (χ1v) is 8.81. The number of benzene rings is 1. The van der Waals surface area contributed by atoms with Crippen molar-refractivity contribution in [3.05, 3.63) is 30.1 Å². The van der Waals surface area contributed by atoms with Crippen molar-refractivity contribution in [1.82, 2.24) is 9.21 Å². The molecule has 0 saturated carbocycles. The maximum atomic E-state index is 12.9. The van der Waals surface area contributed by atoms with Crippen molar-refractivity contribution < 1.29 is 17.6 Å². The Labute approximate surface area is 149 Å². The highest BCUT2D eigenvalue weighted by molar-refractivity contribution is 7.89. The van der Waals surface area contributed by atoms with Gasteiger partial charge in [0.05, 0.1) is 4.90 Å². The number of nitrogens with zero attached hydrogens (tertiary/aromatic N) is 2. The Morgan fingerprint density at radius 3 is 2.29 bits per heavy atom. The predicted molar refractivity (Wildman–Crippen MR) is 94.0 cm³/mol. The van der Waals surface area contributed by atoms with Crippen LogP contribution in [0.2, 0.25) is 0 Å². The molecule has 1 atom stereocenters.